The molecule has 0 amide bonds. The summed E-state index contributed by atoms with van der Waals surface area (Å²) in [7, 11) is 0. The molecule has 5 rings (SSSR count). The average Bonchev–Trinajstić information content (AvgIpc) is 3.44. The van der Waals surface area contributed by atoms with Gasteiger partial charge in [0.05, 0.1) is 0 Å². The Morgan fingerprint density at radius 2 is 1.31 bits per heavy atom. The zero-order valence-corrected chi connectivity index (χ0v) is 19.3. The van der Waals surface area contributed by atoms with Gasteiger partial charge in [-0.25, -0.2) is 0 Å². The van der Waals surface area contributed by atoms with E-state index in [0.29, 0.717) is 0 Å². The molecule has 2 aromatic carbocycles. The molecule has 3 heteroatoms. The van der Waals surface area contributed by atoms with Crippen molar-refractivity contribution in [2.75, 3.05) is 19.6 Å². The van der Waals surface area contributed by atoms with Crippen LogP contribution in [0, 0.1) is 5.92 Å². The molecule has 1 atom stereocenters. The van der Waals surface area contributed by atoms with E-state index in [4.69, 9.17) is 0 Å². The third-order valence-corrected chi connectivity index (χ3v) is 7.35. The highest BCUT2D eigenvalue weighted by atomic mass is 15.1. The van der Waals surface area contributed by atoms with Gasteiger partial charge < -0.3 is 14.9 Å². The monoisotopic (exact) mass is 427 g/mol. The SMILES string of the molecule is c1ccc2[nH]c(CCCC(CCc3cc4ccccc4[nH]3)CCN3CCCCC3)cc2c1. The smallest absolute Gasteiger partial charge is 0.0456 e. The Morgan fingerprint density at radius 3 is 1.97 bits per heavy atom. The van der Waals surface area contributed by atoms with Crippen LogP contribution in [-0.2, 0) is 12.8 Å². The molecule has 1 aliphatic heterocycles. The van der Waals surface area contributed by atoms with Crippen LogP contribution in [0.1, 0.15) is 56.3 Å². The normalized spacial score (nSPS) is 16.1. The number of para-hydroxylation sites is 2. The summed E-state index contributed by atoms with van der Waals surface area (Å²) in [5.41, 5.74) is 5.32. The number of aryl methyl sites for hydroxylation is 2. The second kappa shape index (κ2) is 10.4. The molecule has 168 valence electrons. The van der Waals surface area contributed by atoms with Crippen molar-refractivity contribution in [1.29, 1.82) is 0 Å². The number of hydrogen-bond donors (Lipinski definition) is 2. The van der Waals surface area contributed by atoms with Gasteiger partial charge >= 0.3 is 0 Å². The molecule has 0 spiro atoms. The van der Waals surface area contributed by atoms with E-state index in [2.05, 4.69) is 75.5 Å². The van der Waals surface area contributed by atoms with E-state index in [1.807, 2.05) is 0 Å². The number of nitrogens with one attached hydrogen (secondary N) is 2. The van der Waals surface area contributed by atoms with Crippen molar-refractivity contribution >= 4 is 21.8 Å². The van der Waals surface area contributed by atoms with Crippen LogP contribution in [0.25, 0.3) is 21.8 Å². The molecular weight excluding hydrogens is 390 g/mol. The molecule has 4 aromatic rings. The standard InChI is InChI=1S/C29H37N3/c1-6-18-32(19-7-1)20-17-23(15-16-27-22-25-11-3-5-14-29(25)31-27)9-8-12-26-21-24-10-2-4-13-28(24)30-26/h2-5,10-11,13-14,21-23,30-31H,1,6-9,12,15-20H2. The maximum atomic E-state index is 3.64. The molecule has 0 radical (unpaired) electrons. The Balaban J connectivity index is 1.17. The van der Waals surface area contributed by atoms with Gasteiger partial charge in [0.1, 0.15) is 0 Å². The van der Waals surface area contributed by atoms with Crippen molar-refractivity contribution < 1.29 is 0 Å². The number of H-pyrrole nitrogens is 2. The topological polar surface area (TPSA) is 34.8 Å². The van der Waals surface area contributed by atoms with Crippen LogP contribution >= 0.6 is 0 Å². The molecule has 0 aliphatic carbocycles. The molecule has 1 unspecified atom stereocenters. The maximum Gasteiger partial charge on any atom is 0.0456 e. The molecule has 1 fully saturated rings. The van der Waals surface area contributed by atoms with Crippen molar-refractivity contribution in [3.63, 3.8) is 0 Å². The number of rotatable bonds is 10. The lowest BCUT2D eigenvalue weighted by atomic mass is 9.92. The van der Waals surface area contributed by atoms with Gasteiger partial charge in [-0.1, -0.05) is 49.2 Å². The highest BCUT2D eigenvalue weighted by molar-refractivity contribution is 5.80. The minimum atomic E-state index is 0.799. The van der Waals surface area contributed by atoms with Crippen LogP contribution in [0.2, 0.25) is 0 Å². The van der Waals surface area contributed by atoms with Gasteiger partial charge in [0.15, 0.2) is 0 Å². The maximum absolute atomic E-state index is 3.64. The van der Waals surface area contributed by atoms with Crippen molar-refractivity contribution in [2.45, 2.75) is 57.8 Å². The Bertz CT molecular complexity index is 1050. The van der Waals surface area contributed by atoms with E-state index in [-0.39, 0.29) is 0 Å². The zero-order valence-electron chi connectivity index (χ0n) is 19.3. The van der Waals surface area contributed by atoms with Crippen LogP contribution < -0.4 is 0 Å². The summed E-state index contributed by atoms with van der Waals surface area (Å²) in [6, 6.07) is 22.0. The quantitative estimate of drug-likeness (QED) is 0.278. The van der Waals surface area contributed by atoms with Gasteiger partial charge in [0, 0.05) is 22.4 Å². The van der Waals surface area contributed by atoms with Gasteiger partial charge in [-0.15, -0.1) is 0 Å². The lowest BCUT2D eigenvalue weighted by Crippen LogP contribution is -2.31. The predicted octanol–water partition coefficient (Wildman–Crippen LogP) is 7.10. The lowest BCUT2D eigenvalue weighted by molar-refractivity contribution is 0.207. The molecule has 32 heavy (non-hydrogen) atoms. The Morgan fingerprint density at radius 1 is 0.688 bits per heavy atom. The van der Waals surface area contributed by atoms with Crippen LogP contribution in [0.4, 0.5) is 0 Å². The number of aromatic nitrogens is 2. The largest absolute Gasteiger partial charge is 0.358 e. The minimum Gasteiger partial charge on any atom is -0.358 e. The summed E-state index contributed by atoms with van der Waals surface area (Å²) in [6.45, 7) is 3.90. The fourth-order valence-electron chi connectivity index (χ4n) is 5.46. The van der Waals surface area contributed by atoms with E-state index in [1.54, 1.807) is 0 Å². The number of hydrogen-bond acceptors (Lipinski definition) is 1. The number of piperidine rings is 1. The minimum absolute atomic E-state index is 0.799. The summed E-state index contributed by atoms with van der Waals surface area (Å²) in [6.07, 6.45) is 11.7. The lowest BCUT2D eigenvalue weighted by Gasteiger charge is -2.28. The Labute approximate surface area is 192 Å². The molecular formula is C29H37N3. The van der Waals surface area contributed by atoms with Gasteiger partial charge in [-0.3, -0.25) is 0 Å². The summed E-state index contributed by atoms with van der Waals surface area (Å²) >= 11 is 0. The number of likely N-dealkylation sites (tertiary alicyclic amines) is 1. The molecule has 3 nitrogen and oxygen atoms in total. The summed E-state index contributed by atoms with van der Waals surface area (Å²) in [4.78, 5) is 9.96. The van der Waals surface area contributed by atoms with Gasteiger partial charge in [0.25, 0.3) is 0 Å². The first-order valence-electron chi connectivity index (χ1n) is 12.7. The predicted molar refractivity (Wildman–Crippen MR) is 136 cm³/mol. The number of benzene rings is 2. The number of nitrogens with zero attached hydrogens (tertiary/aromatic N) is 1. The first-order valence-corrected chi connectivity index (χ1v) is 12.7. The highest BCUT2D eigenvalue weighted by Crippen LogP contribution is 2.24. The Kier molecular flexibility index (Phi) is 6.93. The van der Waals surface area contributed by atoms with Gasteiger partial charge in [0.2, 0.25) is 0 Å². The van der Waals surface area contributed by atoms with Gasteiger partial charge in [-0.05, 0) is 106 Å². The van der Waals surface area contributed by atoms with E-state index < -0.39 is 0 Å². The second-order valence-corrected chi connectivity index (χ2v) is 9.75. The first-order chi connectivity index (χ1) is 15.8. The molecule has 1 saturated heterocycles. The van der Waals surface area contributed by atoms with Crippen LogP contribution in [-0.4, -0.2) is 34.5 Å². The van der Waals surface area contributed by atoms with Crippen molar-refractivity contribution in [1.82, 2.24) is 14.9 Å². The third-order valence-electron chi connectivity index (χ3n) is 7.35. The summed E-state index contributed by atoms with van der Waals surface area (Å²) in [5, 5.41) is 2.68. The number of aromatic amines is 2. The van der Waals surface area contributed by atoms with E-state index in [0.717, 1.165) is 18.8 Å². The fourth-order valence-corrected chi connectivity index (χ4v) is 5.46. The molecule has 0 saturated carbocycles. The Hall–Kier alpha value is -2.52. The molecule has 1 aliphatic rings. The first kappa shape index (κ1) is 21.3. The summed E-state index contributed by atoms with van der Waals surface area (Å²) in [5.74, 6) is 0.799. The van der Waals surface area contributed by atoms with Crippen molar-refractivity contribution in [2.24, 2.45) is 5.92 Å². The molecule has 3 heterocycles. The molecule has 2 aromatic heterocycles. The van der Waals surface area contributed by atoms with E-state index >= 15 is 0 Å². The van der Waals surface area contributed by atoms with Gasteiger partial charge in [-0.2, -0.15) is 0 Å². The summed E-state index contributed by atoms with van der Waals surface area (Å²) < 4.78 is 0. The fraction of sp³-hybridized carbons (Fsp3) is 0.448. The zero-order chi connectivity index (χ0) is 21.6. The second-order valence-electron chi connectivity index (χ2n) is 9.75. The number of fused-ring (bicyclic) bond motifs is 2. The molecule has 2 N–H and O–H groups in total. The third kappa shape index (κ3) is 5.45. The van der Waals surface area contributed by atoms with Crippen molar-refractivity contribution in [3.05, 3.63) is 72.1 Å². The van der Waals surface area contributed by atoms with Crippen LogP contribution in [0.15, 0.2) is 60.7 Å². The highest BCUT2D eigenvalue weighted by Gasteiger charge is 2.15. The van der Waals surface area contributed by atoms with Crippen molar-refractivity contribution in [3.8, 4) is 0 Å². The van der Waals surface area contributed by atoms with E-state index in [9.17, 15) is 0 Å². The molecule has 0 bridgehead atoms. The van der Waals surface area contributed by atoms with Crippen LogP contribution in [0.3, 0.4) is 0 Å². The van der Waals surface area contributed by atoms with E-state index in [1.165, 1.54) is 97.8 Å². The van der Waals surface area contributed by atoms with Crippen LogP contribution in [0.5, 0.6) is 0 Å². The average molecular weight is 428 g/mol.